The number of alkyl halides is 4. The second kappa shape index (κ2) is 2.61. The highest BCUT2D eigenvalue weighted by Crippen LogP contribution is 2.33. The van der Waals surface area contributed by atoms with Gasteiger partial charge in [-0.25, -0.2) is 8.78 Å². The van der Waals surface area contributed by atoms with Crippen molar-refractivity contribution in [1.82, 2.24) is 10.2 Å². The van der Waals surface area contributed by atoms with Crippen molar-refractivity contribution < 1.29 is 22.0 Å². The zero-order valence-electron chi connectivity index (χ0n) is 5.47. The first-order valence-corrected chi connectivity index (χ1v) is 2.70. The summed E-state index contributed by atoms with van der Waals surface area (Å²) in [7, 11) is 0. The van der Waals surface area contributed by atoms with Gasteiger partial charge in [0.05, 0.1) is 0 Å². The summed E-state index contributed by atoms with van der Waals surface area (Å²) in [5, 5.41) is 5.45. The van der Waals surface area contributed by atoms with Crippen molar-refractivity contribution in [2.45, 2.75) is 12.3 Å². The molecule has 0 aliphatic carbocycles. The molecule has 1 aromatic heterocycles. The molecule has 0 aliphatic heterocycles. The molecule has 2 N–H and O–H groups in total. The van der Waals surface area contributed by atoms with Gasteiger partial charge in [-0.05, 0) is 0 Å². The first-order chi connectivity index (χ1) is 5.44. The van der Waals surface area contributed by atoms with Crippen LogP contribution >= 0.6 is 0 Å². The third-order valence-electron chi connectivity index (χ3n) is 1.000. The third kappa shape index (κ3) is 1.31. The lowest BCUT2D eigenvalue weighted by Gasteiger charge is -2.08. The summed E-state index contributed by atoms with van der Waals surface area (Å²) >= 11 is 0. The van der Waals surface area contributed by atoms with Crippen LogP contribution in [-0.2, 0) is 5.92 Å². The maximum atomic E-state index is 12.3. The molecule has 0 spiro atoms. The number of hydrogen-bond acceptors (Lipinski definition) is 4. The zero-order valence-corrected chi connectivity index (χ0v) is 5.47. The molecule has 1 heterocycles. The number of aromatic nitrogens is 2. The van der Waals surface area contributed by atoms with Crippen molar-refractivity contribution in [3.8, 4) is 0 Å². The van der Waals surface area contributed by atoms with Gasteiger partial charge in [0.1, 0.15) is 0 Å². The summed E-state index contributed by atoms with van der Waals surface area (Å²) in [5.41, 5.74) is 4.76. The molecule has 0 aliphatic rings. The Morgan fingerprint density at radius 3 is 2.25 bits per heavy atom. The molecule has 0 bridgehead atoms. The summed E-state index contributed by atoms with van der Waals surface area (Å²) < 4.78 is 51.7. The minimum absolute atomic E-state index is 0.676. The van der Waals surface area contributed by atoms with Crippen LogP contribution in [0.5, 0.6) is 0 Å². The Morgan fingerprint density at radius 2 is 1.92 bits per heavy atom. The van der Waals surface area contributed by atoms with Crippen LogP contribution in [0.2, 0.25) is 0 Å². The second-order valence-corrected chi connectivity index (χ2v) is 1.87. The molecule has 0 saturated heterocycles. The van der Waals surface area contributed by atoms with Crippen LogP contribution < -0.4 is 5.73 Å². The van der Waals surface area contributed by atoms with E-state index in [-0.39, 0.29) is 0 Å². The second-order valence-electron chi connectivity index (χ2n) is 1.87. The van der Waals surface area contributed by atoms with E-state index in [1.54, 1.807) is 0 Å². The summed E-state index contributed by atoms with van der Waals surface area (Å²) in [5.74, 6) is -5.92. The molecule has 0 aromatic carbocycles. The van der Waals surface area contributed by atoms with Crippen molar-refractivity contribution in [3.63, 3.8) is 0 Å². The molecule has 8 heteroatoms. The maximum Gasteiger partial charge on any atom is 0.383 e. The average molecular weight is 185 g/mol. The van der Waals surface area contributed by atoms with Gasteiger partial charge < -0.3 is 10.2 Å². The summed E-state index contributed by atoms with van der Waals surface area (Å²) in [6.45, 7) is 0. The number of halogens is 4. The first-order valence-electron chi connectivity index (χ1n) is 2.70. The van der Waals surface area contributed by atoms with Gasteiger partial charge in [-0.1, -0.05) is 5.10 Å². The quantitative estimate of drug-likeness (QED) is 0.698. The van der Waals surface area contributed by atoms with Gasteiger partial charge in [-0.3, -0.25) is 0 Å². The third-order valence-corrected chi connectivity index (χ3v) is 1.000. The predicted molar refractivity (Wildman–Crippen MR) is 28.6 cm³/mol. The van der Waals surface area contributed by atoms with E-state index < -0.39 is 24.3 Å². The van der Waals surface area contributed by atoms with Gasteiger partial charge in [0.25, 0.3) is 5.89 Å². The minimum Gasteiger partial charge on any atom is -0.402 e. The van der Waals surface area contributed by atoms with E-state index in [2.05, 4.69) is 14.6 Å². The highest BCUT2D eigenvalue weighted by molar-refractivity contribution is 5.07. The molecule has 0 saturated carbocycles. The van der Waals surface area contributed by atoms with E-state index >= 15 is 0 Å². The number of rotatable bonds is 2. The molecule has 12 heavy (non-hydrogen) atoms. The molecule has 0 atom stereocenters. The zero-order chi connectivity index (χ0) is 9.35. The van der Waals surface area contributed by atoms with Crippen LogP contribution in [-0.4, -0.2) is 16.6 Å². The molecular weight excluding hydrogens is 182 g/mol. The lowest BCUT2D eigenvalue weighted by Crippen LogP contribution is -2.23. The number of hydrogen-bond donors (Lipinski definition) is 1. The Bertz CT molecular complexity index is 273. The first kappa shape index (κ1) is 8.75. The Morgan fingerprint density at radius 1 is 1.33 bits per heavy atom. The maximum absolute atomic E-state index is 12.3. The lowest BCUT2D eigenvalue weighted by atomic mass is 10.3. The summed E-state index contributed by atoms with van der Waals surface area (Å²) in [6, 6.07) is -0.676. The molecule has 1 aromatic rings. The Labute approximate surface area is 63.4 Å². The van der Waals surface area contributed by atoms with Gasteiger partial charge in [-0.2, -0.15) is 8.78 Å². The van der Waals surface area contributed by atoms with Crippen LogP contribution in [0, 0.1) is 0 Å². The molecule has 0 fully saturated rings. The minimum atomic E-state index is -4.44. The predicted octanol–water partition coefficient (Wildman–Crippen LogP) is 1.01. The molecule has 68 valence electrons. The highest BCUT2D eigenvalue weighted by atomic mass is 19.3. The highest BCUT2D eigenvalue weighted by Gasteiger charge is 2.48. The van der Waals surface area contributed by atoms with Crippen molar-refractivity contribution in [2.24, 2.45) is 0 Å². The molecule has 1 rings (SSSR count). The van der Waals surface area contributed by atoms with Crippen molar-refractivity contribution in [2.75, 3.05) is 5.73 Å². The van der Waals surface area contributed by atoms with Gasteiger partial charge >= 0.3 is 18.4 Å². The van der Waals surface area contributed by atoms with Crippen LogP contribution in [0.3, 0.4) is 0 Å². The van der Waals surface area contributed by atoms with Gasteiger partial charge in [-0.15, -0.1) is 5.10 Å². The summed E-state index contributed by atoms with van der Waals surface area (Å²) in [4.78, 5) is 0. The van der Waals surface area contributed by atoms with Crippen LogP contribution in [0.25, 0.3) is 0 Å². The largest absolute Gasteiger partial charge is 0.402 e. The van der Waals surface area contributed by atoms with E-state index in [9.17, 15) is 17.6 Å². The monoisotopic (exact) mass is 185 g/mol. The lowest BCUT2D eigenvalue weighted by molar-refractivity contribution is -0.150. The molecule has 0 amide bonds. The topological polar surface area (TPSA) is 64.9 Å². The fourth-order valence-electron chi connectivity index (χ4n) is 0.463. The van der Waals surface area contributed by atoms with E-state index in [0.717, 1.165) is 0 Å². The SMILES string of the molecule is Nc1nnc(C(F)(F)C(F)F)o1. The number of nitrogens with zero attached hydrogens (tertiary/aromatic N) is 2. The van der Waals surface area contributed by atoms with Crippen molar-refractivity contribution >= 4 is 6.01 Å². The van der Waals surface area contributed by atoms with Gasteiger partial charge in [0, 0.05) is 0 Å². The van der Waals surface area contributed by atoms with Crippen LogP contribution in [0.4, 0.5) is 23.6 Å². The van der Waals surface area contributed by atoms with Gasteiger partial charge in [0.2, 0.25) is 0 Å². The number of nitrogens with two attached hydrogens (primary N) is 1. The Balaban J connectivity index is 2.97. The smallest absolute Gasteiger partial charge is 0.383 e. The van der Waals surface area contributed by atoms with Crippen molar-refractivity contribution in [1.29, 1.82) is 0 Å². The van der Waals surface area contributed by atoms with Gasteiger partial charge in [0.15, 0.2) is 0 Å². The van der Waals surface area contributed by atoms with E-state index in [1.165, 1.54) is 0 Å². The van der Waals surface area contributed by atoms with E-state index in [1.807, 2.05) is 0 Å². The molecule has 4 nitrogen and oxygen atoms in total. The number of nitrogen functional groups attached to an aromatic ring is 1. The van der Waals surface area contributed by atoms with E-state index in [0.29, 0.717) is 0 Å². The van der Waals surface area contributed by atoms with Crippen LogP contribution in [0.15, 0.2) is 4.42 Å². The fraction of sp³-hybridized carbons (Fsp3) is 0.500. The van der Waals surface area contributed by atoms with Crippen molar-refractivity contribution in [3.05, 3.63) is 5.89 Å². The summed E-state index contributed by atoms with van der Waals surface area (Å²) in [6.07, 6.45) is -3.89. The molecular formula is C4H3F4N3O. The Hall–Kier alpha value is -1.34. The Kier molecular flexibility index (Phi) is 1.90. The fourth-order valence-corrected chi connectivity index (χ4v) is 0.463. The van der Waals surface area contributed by atoms with Crippen LogP contribution in [0.1, 0.15) is 5.89 Å². The molecule has 0 radical (unpaired) electrons. The standard InChI is InChI=1S/C4H3F4N3O/c5-1(6)4(7,8)2-10-11-3(9)12-2/h1H,(H2,9,11). The normalized spacial score (nSPS) is 12.4. The number of anilines is 1. The average Bonchev–Trinajstić information content (AvgIpc) is 2.35. The molecule has 0 unspecified atom stereocenters. The van der Waals surface area contributed by atoms with E-state index in [4.69, 9.17) is 5.73 Å².